The maximum Gasteiger partial charge on any atom is 0.165 e. The lowest BCUT2D eigenvalue weighted by atomic mass is 10.00. The molecule has 0 aliphatic rings. The molecule has 0 aromatic heterocycles. The first-order valence-corrected chi connectivity index (χ1v) is 6.81. The summed E-state index contributed by atoms with van der Waals surface area (Å²) in [5, 5.41) is 10.4. The second kappa shape index (κ2) is 6.41. The Bertz CT molecular complexity index is 662. The van der Waals surface area contributed by atoms with E-state index in [1.807, 2.05) is 0 Å². The number of aliphatic hydroxyl groups is 1. The molecule has 0 fully saturated rings. The van der Waals surface area contributed by atoms with Crippen LogP contribution >= 0.6 is 15.9 Å². The second-order valence-electron chi connectivity index (χ2n) is 4.30. The molecule has 0 aliphatic heterocycles. The molecule has 0 saturated carbocycles. The normalized spacial score (nSPS) is 12.1. The molecule has 2 rings (SSSR count). The SMILES string of the molecule is COc1cc(C(O)c2cc(Br)c(F)cc2OC)ccc1F. The Morgan fingerprint density at radius 1 is 1.00 bits per heavy atom. The highest BCUT2D eigenvalue weighted by molar-refractivity contribution is 9.10. The van der Waals surface area contributed by atoms with Gasteiger partial charge in [0.1, 0.15) is 17.7 Å². The summed E-state index contributed by atoms with van der Waals surface area (Å²) in [5.41, 5.74) is 0.768. The number of benzene rings is 2. The molecule has 0 amide bonds. The molecule has 0 aliphatic carbocycles. The van der Waals surface area contributed by atoms with Gasteiger partial charge in [-0.25, -0.2) is 8.78 Å². The summed E-state index contributed by atoms with van der Waals surface area (Å²) in [4.78, 5) is 0. The lowest BCUT2D eigenvalue weighted by molar-refractivity contribution is 0.213. The molecule has 1 atom stereocenters. The molecular weight excluding hydrogens is 346 g/mol. The summed E-state index contributed by atoms with van der Waals surface area (Å²) in [6, 6.07) is 6.61. The molecule has 0 radical (unpaired) electrons. The van der Waals surface area contributed by atoms with Crippen molar-refractivity contribution in [3.8, 4) is 11.5 Å². The van der Waals surface area contributed by atoms with Crippen molar-refractivity contribution in [3.63, 3.8) is 0 Å². The molecule has 0 heterocycles. The third kappa shape index (κ3) is 3.16. The number of hydrogen-bond donors (Lipinski definition) is 1. The molecule has 112 valence electrons. The highest BCUT2D eigenvalue weighted by atomic mass is 79.9. The van der Waals surface area contributed by atoms with Gasteiger partial charge in [-0.15, -0.1) is 0 Å². The van der Waals surface area contributed by atoms with E-state index in [1.165, 1.54) is 44.6 Å². The first kappa shape index (κ1) is 15.7. The Hall–Kier alpha value is -1.66. The lowest BCUT2D eigenvalue weighted by Gasteiger charge is -2.17. The van der Waals surface area contributed by atoms with Gasteiger partial charge in [0.25, 0.3) is 0 Å². The van der Waals surface area contributed by atoms with Gasteiger partial charge < -0.3 is 14.6 Å². The summed E-state index contributed by atoms with van der Waals surface area (Å²) in [7, 11) is 2.72. The van der Waals surface area contributed by atoms with Crippen LogP contribution in [0, 0.1) is 11.6 Å². The minimum Gasteiger partial charge on any atom is -0.496 e. The summed E-state index contributed by atoms with van der Waals surface area (Å²) in [6.07, 6.45) is -1.11. The fourth-order valence-corrected chi connectivity index (χ4v) is 2.32. The van der Waals surface area contributed by atoms with E-state index in [2.05, 4.69) is 15.9 Å². The summed E-state index contributed by atoms with van der Waals surface area (Å²) in [5.74, 6) is -0.807. The molecule has 1 unspecified atom stereocenters. The van der Waals surface area contributed by atoms with E-state index in [9.17, 15) is 13.9 Å². The highest BCUT2D eigenvalue weighted by Crippen LogP contribution is 2.35. The van der Waals surface area contributed by atoms with Gasteiger partial charge in [-0.05, 0) is 39.7 Å². The summed E-state index contributed by atoms with van der Waals surface area (Å²) < 4.78 is 37.1. The Labute approximate surface area is 129 Å². The first-order chi connectivity index (χ1) is 9.97. The summed E-state index contributed by atoms with van der Waals surface area (Å²) in [6.45, 7) is 0. The second-order valence-corrected chi connectivity index (χ2v) is 5.16. The van der Waals surface area contributed by atoms with Gasteiger partial charge in [0, 0.05) is 11.6 Å². The van der Waals surface area contributed by atoms with E-state index in [0.717, 1.165) is 0 Å². The lowest BCUT2D eigenvalue weighted by Crippen LogP contribution is -2.04. The van der Waals surface area contributed by atoms with Crippen molar-refractivity contribution in [3.05, 3.63) is 57.6 Å². The van der Waals surface area contributed by atoms with Gasteiger partial charge in [-0.3, -0.25) is 0 Å². The minimum absolute atomic E-state index is 0.0201. The van der Waals surface area contributed by atoms with Crippen LogP contribution in [-0.4, -0.2) is 19.3 Å². The number of methoxy groups -OCH3 is 2. The van der Waals surface area contributed by atoms with E-state index in [0.29, 0.717) is 11.1 Å². The molecule has 6 heteroatoms. The Morgan fingerprint density at radius 2 is 1.67 bits per heavy atom. The number of aliphatic hydroxyl groups excluding tert-OH is 1. The van der Waals surface area contributed by atoms with Gasteiger partial charge in [-0.2, -0.15) is 0 Å². The molecule has 0 spiro atoms. The topological polar surface area (TPSA) is 38.7 Å². The van der Waals surface area contributed by atoms with Gasteiger partial charge in [0.2, 0.25) is 0 Å². The van der Waals surface area contributed by atoms with Crippen LogP contribution in [-0.2, 0) is 0 Å². The molecule has 21 heavy (non-hydrogen) atoms. The standard InChI is InChI=1S/C15H13BrF2O3/c1-20-13-7-12(18)10(16)6-9(13)15(19)8-3-4-11(17)14(5-8)21-2/h3-7,15,19H,1-2H3. The van der Waals surface area contributed by atoms with Crippen molar-refractivity contribution in [1.82, 2.24) is 0 Å². The van der Waals surface area contributed by atoms with Crippen molar-refractivity contribution in [2.45, 2.75) is 6.10 Å². The Kier molecular flexibility index (Phi) is 4.80. The quantitative estimate of drug-likeness (QED) is 0.902. The fourth-order valence-electron chi connectivity index (χ4n) is 1.96. The van der Waals surface area contributed by atoms with E-state index in [1.54, 1.807) is 0 Å². The average Bonchev–Trinajstić information content (AvgIpc) is 2.49. The van der Waals surface area contributed by atoms with Gasteiger partial charge in [-0.1, -0.05) is 6.07 Å². The zero-order valence-electron chi connectivity index (χ0n) is 11.4. The fraction of sp³-hybridized carbons (Fsp3) is 0.200. The monoisotopic (exact) mass is 358 g/mol. The van der Waals surface area contributed by atoms with Gasteiger partial charge in [0.05, 0.1) is 18.7 Å². The van der Waals surface area contributed by atoms with Crippen molar-refractivity contribution in [1.29, 1.82) is 0 Å². The number of rotatable bonds is 4. The van der Waals surface area contributed by atoms with Crippen LogP contribution in [0.3, 0.4) is 0 Å². The highest BCUT2D eigenvalue weighted by Gasteiger charge is 2.19. The van der Waals surface area contributed by atoms with Crippen molar-refractivity contribution >= 4 is 15.9 Å². The Morgan fingerprint density at radius 3 is 2.29 bits per heavy atom. The smallest absolute Gasteiger partial charge is 0.165 e. The van der Waals surface area contributed by atoms with Crippen LogP contribution in [0.2, 0.25) is 0 Å². The average molecular weight is 359 g/mol. The molecule has 2 aromatic carbocycles. The maximum atomic E-state index is 13.5. The van der Waals surface area contributed by atoms with Crippen molar-refractivity contribution in [2.75, 3.05) is 14.2 Å². The van der Waals surface area contributed by atoms with Crippen LogP contribution < -0.4 is 9.47 Å². The predicted octanol–water partition coefficient (Wildman–Crippen LogP) is 3.83. The van der Waals surface area contributed by atoms with E-state index in [4.69, 9.17) is 9.47 Å². The Balaban J connectivity index is 2.49. The van der Waals surface area contributed by atoms with E-state index >= 15 is 0 Å². The van der Waals surface area contributed by atoms with Gasteiger partial charge >= 0.3 is 0 Å². The largest absolute Gasteiger partial charge is 0.496 e. The van der Waals surface area contributed by atoms with E-state index < -0.39 is 17.7 Å². The van der Waals surface area contributed by atoms with Crippen LogP contribution in [0.5, 0.6) is 11.5 Å². The third-order valence-corrected chi connectivity index (χ3v) is 3.67. The van der Waals surface area contributed by atoms with E-state index in [-0.39, 0.29) is 16.0 Å². The van der Waals surface area contributed by atoms with Crippen LogP contribution in [0.4, 0.5) is 8.78 Å². The zero-order valence-corrected chi connectivity index (χ0v) is 12.9. The minimum atomic E-state index is -1.11. The molecule has 3 nitrogen and oxygen atoms in total. The van der Waals surface area contributed by atoms with Crippen LogP contribution in [0.15, 0.2) is 34.8 Å². The molecule has 0 bridgehead atoms. The van der Waals surface area contributed by atoms with Gasteiger partial charge in [0.15, 0.2) is 11.6 Å². The predicted molar refractivity (Wildman–Crippen MR) is 77.7 cm³/mol. The summed E-state index contributed by atoms with van der Waals surface area (Å²) >= 11 is 3.06. The van der Waals surface area contributed by atoms with Crippen LogP contribution in [0.1, 0.15) is 17.2 Å². The molecular formula is C15H13BrF2O3. The number of hydrogen-bond acceptors (Lipinski definition) is 3. The third-order valence-electron chi connectivity index (χ3n) is 3.06. The number of halogens is 3. The molecule has 2 aromatic rings. The zero-order chi connectivity index (χ0) is 15.6. The molecule has 0 saturated heterocycles. The van der Waals surface area contributed by atoms with Crippen LogP contribution in [0.25, 0.3) is 0 Å². The van der Waals surface area contributed by atoms with Crippen molar-refractivity contribution < 1.29 is 23.4 Å². The first-order valence-electron chi connectivity index (χ1n) is 6.02. The van der Waals surface area contributed by atoms with Crippen molar-refractivity contribution in [2.24, 2.45) is 0 Å². The number of ether oxygens (including phenoxy) is 2. The maximum absolute atomic E-state index is 13.5. The molecule has 1 N–H and O–H groups in total.